The molecule has 2 amide bonds. The first-order valence-electron chi connectivity index (χ1n) is 12.8. The number of nitrogen functional groups attached to an aromatic ring is 1. The van der Waals surface area contributed by atoms with Crippen molar-refractivity contribution >= 4 is 63.1 Å². The molecule has 2 unspecified atom stereocenters. The predicted octanol–water partition coefficient (Wildman–Crippen LogP) is -0.326. The zero-order valence-electron chi connectivity index (χ0n) is 22.3. The largest absolute Gasteiger partial charge is 0.477 e. The number of nitrogens with zero attached hydrogens (tertiary/aromatic N) is 7. The lowest BCUT2D eigenvalue weighted by atomic mass is 10.0. The molecule has 3 atom stereocenters. The summed E-state index contributed by atoms with van der Waals surface area (Å²) in [6, 6.07) is 2.81. The second-order valence-corrected chi connectivity index (χ2v) is 11.2. The molecule has 2 aliphatic heterocycles. The number of thioether (sulfide) groups is 1. The maximum Gasteiger partial charge on any atom is 0.352 e. The van der Waals surface area contributed by atoms with E-state index in [0.717, 1.165) is 23.5 Å². The summed E-state index contributed by atoms with van der Waals surface area (Å²) in [6.07, 6.45) is 4.36. The maximum atomic E-state index is 13.2. The number of nitrogens with one attached hydrogen (secondary N) is 1. The number of carboxylic acids is 1. The number of amides is 2. The van der Waals surface area contributed by atoms with Crippen LogP contribution in [0.4, 0.5) is 5.13 Å². The molecule has 5 heterocycles. The number of rotatable bonds is 11. The van der Waals surface area contributed by atoms with Gasteiger partial charge >= 0.3 is 11.6 Å². The molecule has 216 valence electrons. The number of aromatic nitrogens is 5. The van der Waals surface area contributed by atoms with Crippen LogP contribution in [0.1, 0.15) is 26.1 Å². The molecule has 1 saturated heterocycles. The van der Waals surface area contributed by atoms with Crippen LogP contribution in [0.2, 0.25) is 0 Å². The number of anilines is 1. The minimum atomic E-state index is -1.23. The van der Waals surface area contributed by atoms with Crippen molar-refractivity contribution in [2.24, 2.45) is 10.9 Å². The van der Waals surface area contributed by atoms with E-state index in [4.69, 9.17) is 16.3 Å². The summed E-state index contributed by atoms with van der Waals surface area (Å²) in [5, 5.41) is 16.1. The fourth-order valence-electron chi connectivity index (χ4n) is 4.60. The average molecular weight is 602 g/mol. The molecule has 0 aromatic carbocycles. The maximum absolute atomic E-state index is 13.2. The Bertz CT molecular complexity index is 1570. The zero-order chi connectivity index (χ0) is 29.3. The van der Waals surface area contributed by atoms with E-state index < -0.39 is 29.2 Å². The topological polar surface area (TPSA) is 208 Å². The van der Waals surface area contributed by atoms with Crippen molar-refractivity contribution in [2.75, 3.05) is 18.1 Å². The first-order chi connectivity index (χ1) is 19.7. The van der Waals surface area contributed by atoms with Gasteiger partial charge in [-0.05, 0) is 30.5 Å². The van der Waals surface area contributed by atoms with Gasteiger partial charge in [-0.25, -0.2) is 9.36 Å². The molecule has 0 aliphatic carbocycles. The predicted molar refractivity (Wildman–Crippen MR) is 150 cm³/mol. The van der Waals surface area contributed by atoms with E-state index in [1.165, 1.54) is 16.7 Å². The van der Waals surface area contributed by atoms with Crippen LogP contribution in [-0.4, -0.2) is 82.2 Å². The molecule has 15 nitrogen and oxygen atoms in total. The molecule has 3 aromatic rings. The number of oxime groups is 1. The van der Waals surface area contributed by atoms with Gasteiger partial charge in [0.1, 0.15) is 35.8 Å². The molecule has 6 N–H and O–H groups in total. The Kier molecular flexibility index (Phi) is 8.18. The highest BCUT2D eigenvalue weighted by Gasteiger charge is 2.54. The van der Waals surface area contributed by atoms with Crippen LogP contribution in [0.15, 0.2) is 41.1 Å². The summed E-state index contributed by atoms with van der Waals surface area (Å²) < 4.78 is 7.83. The van der Waals surface area contributed by atoms with Gasteiger partial charge in [-0.15, -0.1) is 11.8 Å². The number of β-lactam (4-membered cyclic amide) rings is 1. The number of carbonyl (C=O) groups is 3. The van der Waals surface area contributed by atoms with Gasteiger partial charge in [0.2, 0.25) is 17.9 Å². The van der Waals surface area contributed by atoms with Gasteiger partial charge in [-0.3, -0.25) is 14.5 Å². The molecule has 1 fully saturated rings. The number of carboxylic acid groups (broad SMARTS) is 1. The average Bonchev–Trinajstić information content (AvgIpc) is 3.58. The number of fused-ring (bicyclic) bond motifs is 2. The second-order valence-electron chi connectivity index (χ2n) is 9.34. The van der Waals surface area contributed by atoms with E-state index in [1.54, 1.807) is 13.3 Å². The number of aliphatic carboxylic acids is 1. The van der Waals surface area contributed by atoms with E-state index in [9.17, 15) is 19.5 Å². The minimum absolute atomic E-state index is 0.0163. The van der Waals surface area contributed by atoms with Crippen molar-refractivity contribution in [2.45, 2.75) is 50.8 Å². The van der Waals surface area contributed by atoms with E-state index >= 15 is 0 Å². The normalized spacial score (nSPS) is 19.6. The third-order valence-corrected chi connectivity index (χ3v) is 8.54. The van der Waals surface area contributed by atoms with Gasteiger partial charge in [-0.2, -0.15) is 9.36 Å². The third-order valence-electron chi connectivity index (χ3n) is 6.66. The highest BCUT2D eigenvalue weighted by atomic mass is 32.2. The summed E-state index contributed by atoms with van der Waals surface area (Å²) >= 11 is 2.25. The quantitative estimate of drug-likeness (QED) is 0.0968. The van der Waals surface area contributed by atoms with E-state index in [-0.39, 0.29) is 41.6 Å². The number of carbonyl (C=O) groups excluding carboxylic acids is 2. The summed E-state index contributed by atoms with van der Waals surface area (Å²) in [4.78, 5) is 53.4. The number of pyridine rings is 1. The first-order valence-corrected chi connectivity index (χ1v) is 14.6. The number of hydrogen-bond acceptors (Lipinski definition) is 12. The van der Waals surface area contributed by atoms with Crippen LogP contribution in [-0.2, 0) is 32.3 Å². The van der Waals surface area contributed by atoms with Crippen molar-refractivity contribution < 1.29 is 28.9 Å². The Morgan fingerprint density at radius 1 is 1.39 bits per heavy atom. The summed E-state index contributed by atoms with van der Waals surface area (Å²) in [5.74, 6) is -2.21. The Morgan fingerprint density at radius 3 is 2.88 bits per heavy atom. The molecule has 0 radical (unpaired) electrons. The smallest absolute Gasteiger partial charge is 0.352 e. The van der Waals surface area contributed by atoms with Crippen molar-refractivity contribution in [3.05, 3.63) is 41.8 Å². The summed E-state index contributed by atoms with van der Waals surface area (Å²) in [5.41, 5.74) is 13.5. The van der Waals surface area contributed by atoms with Crippen molar-refractivity contribution in [1.82, 2.24) is 29.1 Å². The van der Waals surface area contributed by atoms with E-state index in [1.807, 2.05) is 34.4 Å². The second kappa shape index (κ2) is 11.8. The minimum Gasteiger partial charge on any atom is -0.477 e. The molecule has 0 saturated carbocycles. The molecule has 2 aliphatic rings. The van der Waals surface area contributed by atoms with Gasteiger partial charge in [0, 0.05) is 35.4 Å². The molecular weight excluding hydrogens is 572 g/mol. The lowest BCUT2D eigenvalue weighted by Gasteiger charge is -2.49. The number of imidazole rings is 1. The van der Waals surface area contributed by atoms with Gasteiger partial charge in [0.05, 0.1) is 6.20 Å². The summed E-state index contributed by atoms with van der Waals surface area (Å²) in [6.45, 7) is 4.73. The number of nitrogens with two attached hydrogens (primary N) is 2. The molecule has 3 aromatic heterocycles. The van der Waals surface area contributed by atoms with Crippen LogP contribution >= 0.6 is 23.3 Å². The monoisotopic (exact) mass is 601 g/mol. The van der Waals surface area contributed by atoms with Crippen LogP contribution in [0, 0.1) is 0 Å². The van der Waals surface area contributed by atoms with Crippen molar-refractivity contribution in [3.8, 4) is 0 Å². The van der Waals surface area contributed by atoms with E-state index in [0.29, 0.717) is 23.5 Å². The SMILES string of the molecule is CCO/N=C(\C(=O)NC1C(=O)N2C(C(=O)O)=C(C[n+]3cccc4c3ncn4C[C@@H](N)CC)CSC12)c1nsc(N)n1. The molecule has 17 heteroatoms. The number of hydrogen-bond donors (Lipinski definition) is 4. The molecular formula is C24H29N10O5S2+. The van der Waals surface area contributed by atoms with Crippen LogP contribution in [0.25, 0.3) is 11.2 Å². The van der Waals surface area contributed by atoms with Gasteiger partial charge in [-0.1, -0.05) is 12.1 Å². The Labute approximate surface area is 242 Å². The van der Waals surface area contributed by atoms with Crippen LogP contribution in [0.5, 0.6) is 0 Å². The Balaban J connectivity index is 1.37. The molecule has 0 spiro atoms. The van der Waals surface area contributed by atoms with E-state index in [2.05, 4.69) is 24.8 Å². The van der Waals surface area contributed by atoms with Crippen molar-refractivity contribution in [1.29, 1.82) is 0 Å². The Hall–Kier alpha value is -4.09. The molecule has 0 bridgehead atoms. The first kappa shape index (κ1) is 28.4. The fourth-order valence-corrected chi connectivity index (χ4v) is 6.37. The Morgan fingerprint density at radius 2 is 2.20 bits per heavy atom. The molecule has 41 heavy (non-hydrogen) atoms. The third kappa shape index (κ3) is 5.47. The van der Waals surface area contributed by atoms with Crippen LogP contribution < -0.4 is 21.4 Å². The van der Waals surface area contributed by atoms with Gasteiger partial charge < -0.3 is 31.3 Å². The van der Waals surface area contributed by atoms with Crippen LogP contribution in [0.3, 0.4) is 0 Å². The highest BCUT2D eigenvalue weighted by molar-refractivity contribution is 8.00. The van der Waals surface area contributed by atoms with Gasteiger partial charge in [0.25, 0.3) is 11.8 Å². The van der Waals surface area contributed by atoms with Gasteiger partial charge in [0.15, 0.2) is 5.13 Å². The molecule has 5 rings (SSSR count). The summed E-state index contributed by atoms with van der Waals surface area (Å²) in [7, 11) is 0. The zero-order valence-corrected chi connectivity index (χ0v) is 23.9. The highest BCUT2D eigenvalue weighted by Crippen LogP contribution is 2.40. The fraction of sp³-hybridized carbons (Fsp3) is 0.417. The lowest BCUT2D eigenvalue weighted by molar-refractivity contribution is -0.664. The lowest BCUT2D eigenvalue weighted by Crippen LogP contribution is -2.71. The van der Waals surface area contributed by atoms with Crippen molar-refractivity contribution in [3.63, 3.8) is 0 Å². The standard InChI is InChI=1S/C24H28N10O5S2/c1-3-13(25)9-33-11-27-19-14(33)6-5-7-32(19)8-12-10-40-22-16(21(36)34(22)17(12)23(37)38)28-20(35)15(30-39-4-2)18-29-24(26)41-31-18/h5-7,11,13,16,22H,3-4,8-10,25H2,1-2H3,(H3-,26,28,29,31,35,37,38)/p+1/b30-15-/t13-,16?,22?/m0/s1.